The van der Waals surface area contributed by atoms with Gasteiger partial charge in [-0.15, -0.1) is 11.8 Å². The normalized spacial score (nSPS) is 12.7. The molecule has 0 saturated carbocycles. The van der Waals surface area contributed by atoms with Gasteiger partial charge in [0.05, 0.1) is 20.1 Å². The minimum Gasteiger partial charge on any atom is -0.469 e. The highest BCUT2D eigenvalue weighted by Gasteiger charge is 2.19. The second-order valence-electron chi connectivity index (χ2n) is 4.51. The molecule has 0 aromatic heterocycles. The van der Waals surface area contributed by atoms with Crippen molar-refractivity contribution in [3.63, 3.8) is 0 Å². The zero-order chi connectivity index (χ0) is 14.2. The predicted octanol–water partition coefficient (Wildman–Crippen LogP) is 1.13. The van der Waals surface area contributed by atoms with Gasteiger partial charge < -0.3 is 19.9 Å². The zero-order valence-corrected chi connectivity index (χ0v) is 12.0. The maximum absolute atomic E-state index is 11.4. The number of rotatable bonds is 6. The van der Waals surface area contributed by atoms with Crippen LogP contribution >= 0.6 is 11.8 Å². The first-order valence-electron chi connectivity index (χ1n) is 5.57. The van der Waals surface area contributed by atoms with E-state index in [2.05, 4.69) is 10.1 Å². The molecule has 0 spiro atoms. The van der Waals surface area contributed by atoms with Crippen LogP contribution in [-0.2, 0) is 14.3 Å². The number of carbonyl (C=O) groups is 2. The number of alkyl carbamates (subject to hydrolysis) is 1. The van der Waals surface area contributed by atoms with E-state index in [-0.39, 0.29) is 19.0 Å². The molecule has 1 atom stereocenters. The van der Waals surface area contributed by atoms with Crippen molar-refractivity contribution < 1.29 is 24.2 Å². The third-order valence-electron chi connectivity index (χ3n) is 1.70. The number of ether oxygens (including phenoxy) is 2. The van der Waals surface area contributed by atoms with Gasteiger partial charge in [-0.3, -0.25) is 4.79 Å². The largest absolute Gasteiger partial charge is 0.469 e. The first-order chi connectivity index (χ1) is 8.28. The van der Waals surface area contributed by atoms with E-state index in [1.165, 1.54) is 18.9 Å². The first-order valence-corrected chi connectivity index (χ1v) is 6.62. The minimum atomic E-state index is -0.591. The highest BCUT2D eigenvalue weighted by molar-refractivity contribution is 7.99. The molecule has 0 aliphatic rings. The molecule has 6 nitrogen and oxygen atoms in total. The Morgan fingerprint density at radius 2 is 2.00 bits per heavy atom. The Morgan fingerprint density at radius 1 is 1.39 bits per heavy atom. The molecule has 0 radical (unpaired) electrons. The lowest BCUT2D eigenvalue weighted by Gasteiger charge is -2.22. The molecule has 0 aliphatic heterocycles. The number of nitrogens with one attached hydrogen (secondary N) is 1. The average Bonchev–Trinajstić information content (AvgIpc) is 2.24. The third kappa shape index (κ3) is 9.12. The SMILES string of the molecule is COC(=O)CCS[C@@H](CO)NC(=O)OC(C)(C)C. The fraction of sp³-hybridized carbons (Fsp3) is 0.818. The monoisotopic (exact) mass is 279 g/mol. The number of esters is 1. The van der Waals surface area contributed by atoms with Gasteiger partial charge in [-0.1, -0.05) is 0 Å². The molecule has 0 heterocycles. The van der Waals surface area contributed by atoms with Crippen LogP contribution in [0.15, 0.2) is 0 Å². The lowest BCUT2D eigenvalue weighted by atomic mass is 10.2. The predicted molar refractivity (Wildman–Crippen MR) is 69.3 cm³/mol. The standard InChI is InChI=1S/C11H21NO5S/c1-11(2,3)17-10(15)12-8(7-13)18-6-5-9(14)16-4/h8,13H,5-7H2,1-4H3,(H,12,15)/t8-/m0/s1. The molecule has 7 heteroatoms. The molecule has 18 heavy (non-hydrogen) atoms. The molecule has 0 aliphatic carbocycles. The lowest BCUT2D eigenvalue weighted by Crippen LogP contribution is -2.39. The topological polar surface area (TPSA) is 84.9 Å². The summed E-state index contributed by atoms with van der Waals surface area (Å²) < 4.78 is 9.54. The Morgan fingerprint density at radius 3 is 2.44 bits per heavy atom. The molecule has 0 aromatic rings. The van der Waals surface area contributed by atoms with Crippen LogP contribution in [0.25, 0.3) is 0 Å². The van der Waals surface area contributed by atoms with Crippen LogP contribution in [0.1, 0.15) is 27.2 Å². The summed E-state index contributed by atoms with van der Waals surface area (Å²) >= 11 is 1.26. The Kier molecular flexibility index (Phi) is 7.77. The van der Waals surface area contributed by atoms with Crippen LogP contribution < -0.4 is 5.32 Å². The Bertz CT molecular complexity index is 277. The number of aliphatic hydroxyl groups is 1. The highest BCUT2D eigenvalue weighted by Crippen LogP contribution is 2.12. The number of amides is 1. The van der Waals surface area contributed by atoms with E-state index in [0.29, 0.717) is 5.75 Å². The third-order valence-corrected chi connectivity index (χ3v) is 2.81. The summed E-state index contributed by atoms with van der Waals surface area (Å²) in [5, 5.41) is 11.1. The fourth-order valence-corrected chi connectivity index (χ4v) is 1.82. The summed E-state index contributed by atoms with van der Waals surface area (Å²) in [7, 11) is 1.31. The van der Waals surface area contributed by atoms with Crippen LogP contribution in [0.5, 0.6) is 0 Å². The van der Waals surface area contributed by atoms with Crippen LogP contribution in [0.2, 0.25) is 0 Å². The van der Waals surface area contributed by atoms with Crippen molar-refractivity contribution in [2.75, 3.05) is 19.5 Å². The van der Waals surface area contributed by atoms with Crippen LogP contribution in [0, 0.1) is 0 Å². The number of methoxy groups -OCH3 is 1. The van der Waals surface area contributed by atoms with Gasteiger partial charge in [0, 0.05) is 5.75 Å². The number of hydrogen-bond acceptors (Lipinski definition) is 6. The zero-order valence-electron chi connectivity index (χ0n) is 11.2. The number of carbonyl (C=O) groups excluding carboxylic acids is 2. The lowest BCUT2D eigenvalue weighted by molar-refractivity contribution is -0.140. The van der Waals surface area contributed by atoms with E-state index in [9.17, 15) is 9.59 Å². The van der Waals surface area contributed by atoms with Gasteiger partial charge in [-0.2, -0.15) is 0 Å². The van der Waals surface area contributed by atoms with E-state index >= 15 is 0 Å². The summed E-state index contributed by atoms with van der Waals surface area (Å²) in [6.07, 6.45) is -0.361. The van der Waals surface area contributed by atoms with E-state index in [1.807, 2.05) is 0 Å². The molecule has 106 valence electrons. The molecule has 1 amide bonds. The molecule has 2 N–H and O–H groups in total. The molecule has 0 fully saturated rings. The van der Waals surface area contributed by atoms with Crippen molar-refractivity contribution in [2.45, 2.75) is 38.2 Å². The molecule has 0 aromatic carbocycles. The van der Waals surface area contributed by atoms with Crippen LogP contribution in [0.3, 0.4) is 0 Å². The summed E-state index contributed by atoms with van der Waals surface area (Å²) in [5.74, 6) is 0.129. The fourth-order valence-electron chi connectivity index (χ4n) is 0.966. The second-order valence-corrected chi connectivity index (χ2v) is 5.82. The highest BCUT2D eigenvalue weighted by atomic mass is 32.2. The molecular formula is C11H21NO5S. The molecule has 0 unspecified atom stereocenters. The van der Waals surface area contributed by atoms with Crippen LogP contribution in [-0.4, -0.2) is 47.6 Å². The molecule has 0 bridgehead atoms. The van der Waals surface area contributed by atoms with Crippen molar-refractivity contribution in [1.82, 2.24) is 5.32 Å². The summed E-state index contributed by atoms with van der Waals surface area (Å²) in [4.78, 5) is 22.3. The van der Waals surface area contributed by atoms with Gasteiger partial charge in [0.1, 0.15) is 11.0 Å². The first kappa shape index (κ1) is 17.1. The minimum absolute atomic E-state index is 0.230. The van der Waals surface area contributed by atoms with Crippen molar-refractivity contribution in [2.24, 2.45) is 0 Å². The van der Waals surface area contributed by atoms with E-state index in [4.69, 9.17) is 9.84 Å². The van der Waals surface area contributed by atoms with Gasteiger partial charge >= 0.3 is 12.1 Å². The van der Waals surface area contributed by atoms with Crippen molar-refractivity contribution >= 4 is 23.8 Å². The van der Waals surface area contributed by atoms with E-state index < -0.39 is 17.1 Å². The average molecular weight is 279 g/mol. The van der Waals surface area contributed by atoms with Crippen LogP contribution in [0.4, 0.5) is 4.79 Å². The molecular weight excluding hydrogens is 258 g/mol. The molecule has 0 rings (SSSR count). The summed E-state index contributed by atoms with van der Waals surface area (Å²) in [6, 6.07) is 0. The van der Waals surface area contributed by atoms with E-state index in [1.54, 1.807) is 20.8 Å². The van der Waals surface area contributed by atoms with Gasteiger partial charge in [0.25, 0.3) is 0 Å². The number of hydrogen-bond donors (Lipinski definition) is 2. The van der Waals surface area contributed by atoms with Gasteiger partial charge in [-0.05, 0) is 20.8 Å². The maximum Gasteiger partial charge on any atom is 0.408 e. The van der Waals surface area contributed by atoms with Crippen molar-refractivity contribution in [1.29, 1.82) is 0 Å². The van der Waals surface area contributed by atoms with Gasteiger partial charge in [0.2, 0.25) is 0 Å². The quantitative estimate of drug-likeness (QED) is 0.560. The van der Waals surface area contributed by atoms with E-state index in [0.717, 1.165) is 0 Å². The molecule has 0 saturated heterocycles. The number of aliphatic hydroxyl groups excluding tert-OH is 1. The number of thioether (sulfide) groups is 1. The second kappa shape index (κ2) is 8.20. The maximum atomic E-state index is 11.4. The Balaban J connectivity index is 3.96. The van der Waals surface area contributed by atoms with Gasteiger partial charge in [0.15, 0.2) is 0 Å². The van der Waals surface area contributed by atoms with Gasteiger partial charge in [-0.25, -0.2) is 4.79 Å². The van der Waals surface area contributed by atoms with Crippen molar-refractivity contribution in [3.8, 4) is 0 Å². The summed E-state index contributed by atoms with van der Waals surface area (Å²) in [6.45, 7) is 5.03. The Hall–Kier alpha value is -0.950. The smallest absolute Gasteiger partial charge is 0.408 e. The summed E-state index contributed by atoms with van der Waals surface area (Å²) in [5.41, 5.74) is -0.583. The Labute approximate surface area is 111 Å². The van der Waals surface area contributed by atoms with Crippen molar-refractivity contribution in [3.05, 3.63) is 0 Å².